The van der Waals surface area contributed by atoms with Crippen LogP contribution in [0.5, 0.6) is 0 Å². The fraction of sp³-hybridized carbons (Fsp3) is 0.333. The van der Waals surface area contributed by atoms with Gasteiger partial charge in [-0.25, -0.2) is 4.79 Å². The maximum absolute atomic E-state index is 12.1. The highest BCUT2D eigenvalue weighted by atomic mass is 32.1. The van der Waals surface area contributed by atoms with Gasteiger partial charge in [0.15, 0.2) is 6.10 Å². The number of hydrogen-bond acceptors (Lipinski definition) is 4. The fourth-order valence-electron chi connectivity index (χ4n) is 2.23. The van der Waals surface area contributed by atoms with Gasteiger partial charge in [0, 0.05) is 16.3 Å². The van der Waals surface area contributed by atoms with Crippen LogP contribution in [0.15, 0.2) is 36.4 Å². The predicted octanol–water partition coefficient (Wildman–Crippen LogP) is 3.27. The van der Waals surface area contributed by atoms with Gasteiger partial charge in [0.25, 0.3) is 5.91 Å². The van der Waals surface area contributed by atoms with Gasteiger partial charge in [-0.05, 0) is 38.8 Å². The quantitative estimate of drug-likeness (QED) is 0.827. The van der Waals surface area contributed by atoms with Crippen molar-refractivity contribution in [2.24, 2.45) is 0 Å². The molecule has 0 aliphatic rings. The summed E-state index contributed by atoms with van der Waals surface area (Å²) >= 11 is 1.54. The Morgan fingerprint density at radius 2 is 1.91 bits per heavy atom. The van der Waals surface area contributed by atoms with Crippen LogP contribution in [0.1, 0.15) is 32.6 Å². The third-order valence-corrected chi connectivity index (χ3v) is 4.44. The van der Waals surface area contributed by atoms with Crippen LogP contribution in [-0.2, 0) is 16.0 Å². The van der Waals surface area contributed by atoms with Crippen LogP contribution in [0, 0.1) is 13.8 Å². The Morgan fingerprint density at radius 1 is 1.22 bits per heavy atom. The van der Waals surface area contributed by atoms with Crippen molar-refractivity contribution in [2.75, 3.05) is 6.54 Å². The SMILES string of the molecule is Cc1cc(C(=O)O[C@@H](C)C(=O)NCCc2ccccc2)c(C)s1. The lowest BCUT2D eigenvalue weighted by Gasteiger charge is -2.13. The molecule has 0 fully saturated rings. The Balaban J connectivity index is 1.80. The Hall–Kier alpha value is -2.14. The molecule has 4 nitrogen and oxygen atoms in total. The van der Waals surface area contributed by atoms with Crippen molar-refractivity contribution in [3.63, 3.8) is 0 Å². The van der Waals surface area contributed by atoms with Gasteiger partial charge >= 0.3 is 5.97 Å². The molecule has 0 aliphatic carbocycles. The summed E-state index contributed by atoms with van der Waals surface area (Å²) < 4.78 is 5.25. The van der Waals surface area contributed by atoms with Crippen LogP contribution in [0.3, 0.4) is 0 Å². The monoisotopic (exact) mass is 331 g/mol. The standard InChI is InChI=1S/C18H21NO3S/c1-12-11-16(14(3)23-12)18(21)22-13(2)17(20)19-10-9-15-7-5-4-6-8-15/h4-8,11,13H,9-10H2,1-3H3,(H,19,20)/t13-/m0/s1. The topological polar surface area (TPSA) is 55.4 Å². The average molecular weight is 331 g/mol. The molecule has 1 aromatic heterocycles. The van der Waals surface area contributed by atoms with Crippen molar-refractivity contribution >= 4 is 23.2 Å². The zero-order chi connectivity index (χ0) is 16.8. The van der Waals surface area contributed by atoms with Gasteiger partial charge in [-0.2, -0.15) is 0 Å². The summed E-state index contributed by atoms with van der Waals surface area (Å²) in [5.74, 6) is -0.726. The molecule has 1 heterocycles. The van der Waals surface area contributed by atoms with Crippen molar-refractivity contribution in [1.82, 2.24) is 5.32 Å². The molecular weight excluding hydrogens is 310 g/mol. The van der Waals surface area contributed by atoms with Gasteiger partial charge in [-0.15, -0.1) is 11.3 Å². The predicted molar refractivity (Wildman–Crippen MR) is 91.8 cm³/mol. The molecule has 1 aromatic carbocycles. The molecule has 0 saturated heterocycles. The number of rotatable bonds is 6. The summed E-state index contributed by atoms with van der Waals surface area (Å²) in [5.41, 5.74) is 1.69. The Kier molecular flexibility index (Phi) is 5.93. The molecule has 1 amide bonds. The first kappa shape index (κ1) is 17.2. The zero-order valence-electron chi connectivity index (χ0n) is 13.6. The third kappa shape index (κ3) is 4.93. The number of carbonyl (C=O) groups is 2. The second-order valence-corrected chi connectivity index (χ2v) is 6.86. The van der Waals surface area contributed by atoms with E-state index in [9.17, 15) is 9.59 Å². The number of esters is 1. The van der Waals surface area contributed by atoms with Crippen LogP contribution >= 0.6 is 11.3 Å². The highest BCUT2D eigenvalue weighted by Gasteiger charge is 2.20. The molecule has 0 aliphatic heterocycles. The zero-order valence-corrected chi connectivity index (χ0v) is 14.4. The Labute approximate surface area is 140 Å². The highest BCUT2D eigenvalue weighted by molar-refractivity contribution is 7.12. The molecule has 0 radical (unpaired) electrons. The van der Waals surface area contributed by atoms with Crippen molar-refractivity contribution in [2.45, 2.75) is 33.3 Å². The normalized spacial score (nSPS) is 11.8. The molecule has 1 N–H and O–H groups in total. The van der Waals surface area contributed by atoms with Gasteiger partial charge in [-0.1, -0.05) is 30.3 Å². The summed E-state index contributed by atoms with van der Waals surface area (Å²) in [6.45, 7) is 5.92. The Bertz CT molecular complexity index is 679. The van der Waals surface area contributed by atoms with E-state index >= 15 is 0 Å². The molecule has 0 saturated carbocycles. The number of thiophene rings is 1. The number of ether oxygens (including phenoxy) is 1. The van der Waals surface area contributed by atoms with E-state index in [1.807, 2.05) is 44.2 Å². The molecular formula is C18H21NO3S. The van der Waals surface area contributed by atoms with Crippen molar-refractivity contribution in [3.05, 3.63) is 57.3 Å². The van der Waals surface area contributed by atoms with Gasteiger partial charge in [0.1, 0.15) is 0 Å². The van der Waals surface area contributed by atoms with Gasteiger partial charge in [0.05, 0.1) is 5.56 Å². The molecule has 122 valence electrons. The van der Waals surface area contributed by atoms with E-state index in [1.165, 1.54) is 0 Å². The lowest BCUT2D eigenvalue weighted by atomic mass is 10.1. The van der Waals surface area contributed by atoms with Gasteiger partial charge < -0.3 is 10.1 Å². The van der Waals surface area contributed by atoms with Crippen molar-refractivity contribution in [1.29, 1.82) is 0 Å². The summed E-state index contributed by atoms with van der Waals surface area (Å²) in [7, 11) is 0. The number of aryl methyl sites for hydroxylation is 2. The first-order valence-electron chi connectivity index (χ1n) is 7.57. The molecule has 2 aromatic rings. The van der Waals surface area contributed by atoms with Crippen molar-refractivity contribution < 1.29 is 14.3 Å². The molecule has 23 heavy (non-hydrogen) atoms. The van der Waals surface area contributed by atoms with Gasteiger partial charge in [0.2, 0.25) is 0 Å². The van der Waals surface area contributed by atoms with Crippen molar-refractivity contribution in [3.8, 4) is 0 Å². The van der Waals surface area contributed by atoms with Gasteiger partial charge in [-0.3, -0.25) is 4.79 Å². The van der Waals surface area contributed by atoms with Crippen LogP contribution in [0.4, 0.5) is 0 Å². The number of benzene rings is 1. The molecule has 1 atom stereocenters. The number of amides is 1. The van der Waals surface area contributed by atoms with E-state index in [-0.39, 0.29) is 5.91 Å². The average Bonchev–Trinajstić information content (AvgIpc) is 2.87. The molecule has 0 spiro atoms. The van der Waals surface area contributed by atoms with E-state index in [4.69, 9.17) is 4.74 Å². The summed E-state index contributed by atoms with van der Waals surface area (Å²) in [6.07, 6.45) is -0.0614. The second-order valence-electron chi connectivity index (χ2n) is 5.40. The summed E-state index contributed by atoms with van der Waals surface area (Å²) in [4.78, 5) is 26.1. The van der Waals surface area contributed by atoms with Crippen LogP contribution in [-0.4, -0.2) is 24.5 Å². The summed E-state index contributed by atoms with van der Waals surface area (Å²) in [6, 6.07) is 11.7. The molecule has 2 rings (SSSR count). The van der Waals surface area contributed by atoms with Crippen LogP contribution in [0.2, 0.25) is 0 Å². The van der Waals surface area contributed by atoms with E-state index in [0.29, 0.717) is 12.1 Å². The second kappa shape index (κ2) is 7.92. The third-order valence-electron chi connectivity index (χ3n) is 3.47. The lowest BCUT2D eigenvalue weighted by molar-refractivity contribution is -0.129. The highest BCUT2D eigenvalue weighted by Crippen LogP contribution is 2.21. The van der Waals surface area contributed by atoms with E-state index in [0.717, 1.165) is 21.7 Å². The Morgan fingerprint density at radius 3 is 2.52 bits per heavy atom. The lowest BCUT2D eigenvalue weighted by Crippen LogP contribution is -2.36. The largest absolute Gasteiger partial charge is 0.449 e. The summed E-state index contributed by atoms with van der Waals surface area (Å²) in [5, 5.41) is 2.79. The maximum atomic E-state index is 12.1. The fourth-order valence-corrected chi connectivity index (χ4v) is 3.14. The minimum atomic E-state index is -0.808. The van der Waals surface area contributed by atoms with E-state index in [1.54, 1.807) is 24.3 Å². The van der Waals surface area contributed by atoms with Crippen LogP contribution < -0.4 is 5.32 Å². The molecule has 0 unspecified atom stereocenters. The molecule has 5 heteroatoms. The smallest absolute Gasteiger partial charge is 0.340 e. The number of carbonyl (C=O) groups excluding carboxylic acids is 2. The number of hydrogen-bond donors (Lipinski definition) is 1. The first-order valence-corrected chi connectivity index (χ1v) is 8.38. The molecule has 0 bridgehead atoms. The van der Waals surface area contributed by atoms with Crippen LogP contribution in [0.25, 0.3) is 0 Å². The maximum Gasteiger partial charge on any atom is 0.340 e. The minimum absolute atomic E-state index is 0.279. The van der Waals surface area contributed by atoms with E-state index < -0.39 is 12.1 Å². The minimum Gasteiger partial charge on any atom is -0.449 e. The van der Waals surface area contributed by atoms with E-state index in [2.05, 4.69) is 5.32 Å². The number of nitrogens with one attached hydrogen (secondary N) is 1. The first-order chi connectivity index (χ1) is 11.0.